The molecule has 0 aromatic heterocycles. The van der Waals surface area contributed by atoms with Crippen molar-refractivity contribution in [3.8, 4) is 0 Å². The second-order valence-corrected chi connectivity index (χ2v) is 25.2. The first-order valence-electron chi connectivity index (χ1n) is 6.46. The van der Waals surface area contributed by atoms with Crippen LogP contribution < -0.4 is 0 Å². The van der Waals surface area contributed by atoms with Gasteiger partial charge in [-0.05, 0) is 19.2 Å². The van der Waals surface area contributed by atoms with Crippen LogP contribution in [0.1, 0.15) is 0 Å². The van der Waals surface area contributed by atoms with E-state index in [1.165, 1.54) is 0 Å². The molecule has 1 aliphatic heterocycles. The molecule has 8 heteroatoms. The fraction of sp³-hybridized carbons (Fsp3) is 0.667. The number of methoxy groups -OCH3 is 1. The molecule has 2 atom stereocenters. The van der Waals surface area contributed by atoms with Gasteiger partial charge in [-0.3, -0.25) is 0 Å². The lowest BCUT2D eigenvalue weighted by Crippen LogP contribution is -2.85. The first-order chi connectivity index (χ1) is 9.28. The lowest BCUT2D eigenvalue weighted by atomic mass is 10.3. The summed E-state index contributed by atoms with van der Waals surface area (Å²) in [7, 11) is -0.860. The predicted octanol–water partition coefficient (Wildman–Crippen LogP) is 1.96. The number of hydrogen-bond donors (Lipinski definition) is 0. The van der Waals surface area contributed by atoms with Gasteiger partial charge in [0.25, 0.3) is 7.83 Å². The van der Waals surface area contributed by atoms with Crippen LogP contribution in [0.2, 0.25) is 19.1 Å². The van der Waals surface area contributed by atoms with E-state index in [-0.39, 0.29) is 0 Å². The van der Waals surface area contributed by atoms with Gasteiger partial charge in [-0.25, -0.2) is 0 Å². The molecule has 1 fully saturated rings. The van der Waals surface area contributed by atoms with Gasteiger partial charge in [-0.15, -0.1) is 6.58 Å². The van der Waals surface area contributed by atoms with Gasteiger partial charge >= 0.3 is 7.60 Å². The van der Waals surface area contributed by atoms with Gasteiger partial charge in [0.1, 0.15) is 0 Å². The Kier molecular flexibility index (Phi) is 5.37. The molecule has 1 aliphatic rings. The van der Waals surface area contributed by atoms with E-state index in [0.29, 0.717) is 6.04 Å². The highest BCUT2D eigenvalue weighted by atomic mass is 29.7. The first kappa shape index (κ1) is 18.0. The van der Waals surface area contributed by atoms with Crippen LogP contribution in [-0.4, -0.2) is 57.5 Å². The molecule has 0 amide bonds. The zero-order chi connectivity index (χ0) is 15.7. The predicted molar refractivity (Wildman–Crippen MR) is 86.0 cm³/mol. The molecular formula is C12H26O5Si3. The highest BCUT2D eigenvalue weighted by molar-refractivity contribution is 7.64. The summed E-state index contributed by atoms with van der Waals surface area (Å²) >= 11 is 0. The lowest BCUT2D eigenvalue weighted by Gasteiger charge is -2.56. The first-order valence-corrected chi connectivity index (χ1v) is 15.4. The Bertz CT molecular complexity index is 385. The Labute approximate surface area is 124 Å². The molecule has 1 rings (SSSR count). The maximum Gasteiger partial charge on any atom is 0.365 e. The number of ether oxygens (including phenoxy) is 1. The number of hydrogen-bond acceptors (Lipinski definition) is 5. The van der Waals surface area contributed by atoms with Crippen LogP contribution in [0.4, 0.5) is 0 Å². The summed E-state index contributed by atoms with van der Waals surface area (Å²) in [6.07, 6.45) is 1.70. The van der Waals surface area contributed by atoms with Crippen LogP contribution in [0.25, 0.3) is 0 Å². The van der Waals surface area contributed by atoms with Gasteiger partial charge in [0.15, 0.2) is 5.79 Å². The molecule has 0 radical (unpaired) electrons. The summed E-state index contributed by atoms with van der Waals surface area (Å²) in [5, 5.41) is 0. The maximum atomic E-state index is 6.33. The molecule has 1 heterocycles. The highest BCUT2D eigenvalue weighted by Gasteiger charge is 2.75. The van der Waals surface area contributed by atoms with E-state index in [0.717, 1.165) is 0 Å². The molecule has 2 unspecified atom stereocenters. The van der Waals surface area contributed by atoms with Gasteiger partial charge in [-0.1, -0.05) is 12.3 Å². The molecule has 20 heavy (non-hydrogen) atoms. The molecule has 0 aromatic rings. The van der Waals surface area contributed by atoms with Crippen molar-refractivity contribution in [2.45, 2.75) is 24.9 Å². The number of rotatable bonds is 6. The summed E-state index contributed by atoms with van der Waals surface area (Å²) in [4.78, 5) is 0. The average molecular weight is 335 g/mol. The van der Waals surface area contributed by atoms with Crippen molar-refractivity contribution in [3.63, 3.8) is 0 Å². The van der Waals surface area contributed by atoms with E-state index in [1.807, 2.05) is 5.70 Å². The molecule has 0 bridgehead atoms. The third-order valence-electron chi connectivity index (χ3n) is 4.21. The minimum atomic E-state index is -2.67. The monoisotopic (exact) mass is 334 g/mol. The molecular weight excluding hydrogens is 308 g/mol. The topological polar surface area (TPSA) is 46.2 Å². The lowest BCUT2D eigenvalue weighted by molar-refractivity contribution is -0.119. The Hall–Kier alpha value is -0.0694. The Morgan fingerprint density at radius 2 is 1.60 bits per heavy atom. The van der Waals surface area contributed by atoms with Crippen molar-refractivity contribution < 1.29 is 22.4 Å². The van der Waals surface area contributed by atoms with Gasteiger partial charge in [-0.2, -0.15) is 0 Å². The zero-order valence-corrected chi connectivity index (χ0v) is 16.3. The highest BCUT2D eigenvalue weighted by Crippen LogP contribution is 2.46. The van der Waals surface area contributed by atoms with E-state index in [9.17, 15) is 0 Å². The van der Waals surface area contributed by atoms with E-state index in [2.05, 4.69) is 26.3 Å². The van der Waals surface area contributed by atoms with E-state index in [4.69, 9.17) is 22.4 Å². The molecule has 1 saturated heterocycles. The summed E-state index contributed by atoms with van der Waals surface area (Å²) < 4.78 is 29.8. The van der Waals surface area contributed by atoms with Crippen LogP contribution >= 0.6 is 0 Å². The van der Waals surface area contributed by atoms with Crippen molar-refractivity contribution in [2.24, 2.45) is 0 Å². The van der Waals surface area contributed by atoms with Crippen molar-refractivity contribution in [1.82, 2.24) is 0 Å². The van der Waals surface area contributed by atoms with Crippen molar-refractivity contribution in [1.29, 1.82) is 0 Å². The third kappa shape index (κ3) is 2.24. The SMILES string of the molecule is C=CC1(OC)C[Si](C=C)(OC)[Si](OC)(OC)[Si](C)(C)O1. The Morgan fingerprint density at radius 3 is 1.90 bits per heavy atom. The molecule has 0 N–H and O–H groups in total. The van der Waals surface area contributed by atoms with E-state index >= 15 is 0 Å². The van der Waals surface area contributed by atoms with Gasteiger partial charge in [0.2, 0.25) is 7.83 Å². The largest absolute Gasteiger partial charge is 0.413 e. The smallest absolute Gasteiger partial charge is 0.365 e. The van der Waals surface area contributed by atoms with Crippen molar-refractivity contribution in [3.05, 3.63) is 24.9 Å². The van der Waals surface area contributed by atoms with Gasteiger partial charge < -0.3 is 22.4 Å². The second-order valence-electron chi connectivity index (χ2n) is 5.33. The normalized spacial score (nSPS) is 35.5. The second kappa shape index (κ2) is 5.97. The Balaban J connectivity index is 3.54. The van der Waals surface area contributed by atoms with Crippen LogP contribution in [-0.2, 0) is 22.4 Å². The zero-order valence-electron chi connectivity index (χ0n) is 13.3. The van der Waals surface area contributed by atoms with E-state index < -0.39 is 29.1 Å². The van der Waals surface area contributed by atoms with Crippen LogP contribution in [0.5, 0.6) is 0 Å². The van der Waals surface area contributed by atoms with Gasteiger partial charge in [0, 0.05) is 34.5 Å². The minimum Gasteiger partial charge on any atom is -0.413 e. The van der Waals surface area contributed by atoms with Crippen LogP contribution in [0, 0.1) is 0 Å². The molecule has 0 aromatic carbocycles. The summed E-state index contributed by atoms with van der Waals surface area (Å²) in [6, 6.07) is 0.546. The molecule has 5 nitrogen and oxygen atoms in total. The molecule has 0 aliphatic carbocycles. The summed E-state index contributed by atoms with van der Waals surface area (Å²) in [5.41, 5.74) is 1.90. The van der Waals surface area contributed by atoms with Gasteiger partial charge in [0.05, 0.1) is 0 Å². The van der Waals surface area contributed by atoms with Crippen LogP contribution in [0.15, 0.2) is 24.9 Å². The average Bonchev–Trinajstić information content (AvgIpc) is 2.45. The van der Waals surface area contributed by atoms with Crippen LogP contribution in [0.3, 0.4) is 0 Å². The third-order valence-corrected chi connectivity index (χ3v) is 33.2. The minimum absolute atomic E-state index is 0.546. The Morgan fingerprint density at radius 1 is 1.05 bits per heavy atom. The van der Waals surface area contributed by atoms with Crippen molar-refractivity contribution in [2.75, 3.05) is 28.4 Å². The summed E-state index contributed by atoms with van der Waals surface area (Å²) in [5.74, 6) is -0.848. The quantitative estimate of drug-likeness (QED) is 0.549. The molecule has 0 saturated carbocycles. The summed E-state index contributed by atoms with van der Waals surface area (Å²) in [6.45, 7) is 12.1. The van der Waals surface area contributed by atoms with Crippen molar-refractivity contribution >= 4 is 23.3 Å². The maximum absolute atomic E-state index is 6.33. The standard InChI is InChI=1S/C12H26O5Si3/c1-9-12(13-3)11-19(10-2,14-4)20(15-5,16-6)18(7,8)17-12/h9-10H,1-2,11H2,3-8H3. The fourth-order valence-corrected chi connectivity index (χ4v) is 34.1. The fourth-order valence-electron chi connectivity index (χ4n) is 3.25. The molecule has 0 spiro atoms. The molecule has 116 valence electrons. The van der Waals surface area contributed by atoms with E-state index in [1.54, 1.807) is 34.5 Å².